The molecule has 1 N–H and O–H groups in total. The van der Waals surface area contributed by atoms with Crippen molar-refractivity contribution in [2.24, 2.45) is 0 Å². The SMILES string of the molecule is CCCC(NCc1ccc(OCc2ccccc2Cl)cc1)c1ccccc1. The van der Waals surface area contributed by atoms with E-state index >= 15 is 0 Å². The molecule has 27 heavy (non-hydrogen) atoms. The average Bonchev–Trinajstić information content (AvgIpc) is 2.72. The minimum atomic E-state index is 0.382. The van der Waals surface area contributed by atoms with Crippen LogP contribution in [0.5, 0.6) is 5.75 Å². The lowest BCUT2D eigenvalue weighted by molar-refractivity contribution is 0.306. The average molecular weight is 380 g/mol. The molecular weight excluding hydrogens is 354 g/mol. The molecule has 0 amide bonds. The molecule has 140 valence electrons. The van der Waals surface area contributed by atoms with Gasteiger partial charge in [0, 0.05) is 23.2 Å². The van der Waals surface area contributed by atoms with Crippen LogP contribution in [-0.2, 0) is 13.2 Å². The summed E-state index contributed by atoms with van der Waals surface area (Å²) in [7, 11) is 0. The predicted octanol–water partition coefficient (Wildman–Crippen LogP) is 6.55. The van der Waals surface area contributed by atoms with Gasteiger partial charge in [-0.25, -0.2) is 0 Å². The number of nitrogens with one attached hydrogen (secondary N) is 1. The van der Waals surface area contributed by atoms with E-state index < -0.39 is 0 Å². The fourth-order valence-corrected chi connectivity index (χ4v) is 3.27. The third-order valence-electron chi connectivity index (χ3n) is 4.61. The summed E-state index contributed by atoms with van der Waals surface area (Å²) in [4.78, 5) is 0. The summed E-state index contributed by atoms with van der Waals surface area (Å²) in [6, 6.07) is 27.1. The first kappa shape index (κ1) is 19.5. The summed E-state index contributed by atoms with van der Waals surface area (Å²) in [5.74, 6) is 0.854. The summed E-state index contributed by atoms with van der Waals surface area (Å²) >= 11 is 6.17. The first-order valence-corrected chi connectivity index (χ1v) is 9.87. The van der Waals surface area contributed by atoms with Crippen LogP contribution >= 0.6 is 11.6 Å². The molecule has 3 rings (SSSR count). The second kappa shape index (κ2) is 10.1. The van der Waals surface area contributed by atoms with Crippen molar-refractivity contribution in [3.8, 4) is 5.75 Å². The van der Waals surface area contributed by atoms with Gasteiger partial charge in [-0.15, -0.1) is 0 Å². The summed E-state index contributed by atoms with van der Waals surface area (Å²) < 4.78 is 5.86. The van der Waals surface area contributed by atoms with E-state index in [-0.39, 0.29) is 0 Å². The Labute approximate surface area is 167 Å². The molecular formula is C24H26ClNO. The Morgan fingerprint density at radius 3 is 2.30 bits per heavy atom. The fraction of sp³-hybridized carbons (Fsp3) is 0.250. The van der Waals surface area contributed by atoms with Crippen LogP contribution in [0.3, 0.4) is 0 Å². The van der Waals surface area contributed by atoms with Gasteiger partial charge in [0.15, 0.2) is 0 Å². The zero-order valence-corrected chi connectivity index (χ0v) is 16.5. The van der Waals surface area contributed by atoms with E-state index in [1.807, 2.05) is 36.4 Å². The number of benzene rings is 3. The van der Waals surface area contributed by atoms with Crippen molar-refractivity contribution in [3.05, 3.63) is 101 Å². The standard InChI is InChI=1S/C24H26ClNO/c1-2-8-24(20-9-4-3-5-10-20)26-17-19-13-15-22(16-14-19)27-18-21-11-6-7-12-23(21)25/h3-7,9-16,24,26H,2,8,17-18H2,1H3. The maximum absolute atomic E-state index is 6.17. The smallest absolute Gasteiger partial charge is 0.119 e. The van der Waals surface area contributed by atoms with E-state index in [0.29, 0.717) is 12.6 Å². The van der Waals surface area contributed by atoms with Gasteiger partial charge in [-0.05, 0) is 35.7 Å². The molecule has 3 aromatic carbocycles. The molecule has 0 aliphatic rings. The van der Waals surface area contributed by atoms with Crippen molar-refractivity contribution in [1.82, 2.24) is 5.32 Å². The molecule has 0 aliphatic carbocycles. The summed E-state index contributed by atoms with van der Waals surface area (Å²) in [6.07, 6.45) is 2.28. The molecule has 0 bridgehead atoms. The molecule has 3 heteroatoms. The number of hydrogen-bond donors (Lipinski definition) is 1. The Hall–Kier alpha value is -2.29. The van der Waals surface area contributed by atoms with E-state index in [1.54, 1.807) is 0 Å². The van der Waals surface area contributed by atoms with Gasteiger partial charge in [0.2, 0.25) is 0 Å². The van der Waals surface area contributed by atoms with Gasteiger partial charge < -0.3 is 10.1 Å². The molecule has 0 aromatic heterocycles. The first-order chi connectivity index (χ1) is 13.3. The third-order valence-corrected chi connectivity index (χ3v) is 4.98. The number of halogens is 1. The molecule has 3 aromatic rings. The van der Waals surface area contributed by atoms with Gasteiger partial charge in [-0.1, -0.05) is 85.6 Å². The van der Waals surface area contributed by atoms with Crippen LogP contribution < -0.4 is 10.1 Å². The first-order valence-electron chi connectivity index (χ1n) is 9.49. The summed E-state index contributed by atoms with van der Waals surface area (Å²) in [5, 5.41) is 4.42. The van der Waals surface area contributed by atoms with Crippen molar-refractivity contribution >= 4 is 11.6 Å². The zero-order chi connectivity index (χ0) is 18.9. The van der Waals surface area contributed by atoms with E-state index in [4.69, 9.17) is 16.3 Å². The van der Waals surface area contributed by atoms with Crippen LogP contribution in [0.15, 0.2) is 78.9 Å². The van der Waals surface area contributed by atoms with E-state index in [0.717, 1.165) is 35.7 Å². The normalized spacial score (nSPS) is 11.9. The lowest BCUT2D eigenvalue weighted by Gasteiger charge is -2.19. The molecule has 0 fully saturated rings. The highest BCUT2D eigenvalue weighted by Crippen LogP contribution is 2.21. The minimum absolute atomic E-state index is 0.382. The van der Waals surface area contributed by atoms with Gasteiger partial charge in [-0.3, -0.25) is 0 Å². The lowest BCUT2D eigenvalue weighted by atomic mass is 10.0. The highest BCUT2D eigenvalue weighted by Gasteiger charge is 2.09. The van der Waals surface area contributed by atoms with E-state index in [2.05, 4.69) is 54.7 Å². The van der Waals surface area contributed by atoms with Crippen molar-refractivity contribution in [2.45, 2.75) is 39.0 Å². The zero-order valence-electron chi connectivity index (χ0n) is 15.7. The van der Waals surface area contributed by atoms with Crippen LogP contribution in [0, 0.1) is 0 Å². The highest BCUT2D eigenvalue weighted by molar-refractivity contribution is 6.31. The van der Waals surface area contributed by atoms with Crippen LogP contribution in [0.25, 0.3) is 0 Å². The number of ether oxygens (including phenoxy) is 1. The Bertz CT molecular complexity index is 817. The van der Waals surface area contributed by atoms with Gasteiger partial charge in [0.05, 0.1) is 0 Å². The van der Waals surface area contributed by atoms with Crippen LogP contribution in [-0.4, -0.2) is 0 Å². The van der Waals surface area contributed by atoms with Crippen molar-refractivity contribution in [3.63, 3.8) is 0 Å². The third kappa shape index (κ3) is 5.85. The lowest BCUT2D eigenvalue weighted by Crippen LogP contribution is -2.20. The maximum Gasteiger partial charge on any atom is 0.119 e. The Morgan fingerprint density at radius 2 is 1.59 bits per heavy atom. The largest absolute Gasteiger partial charge is 0.489 e. The quantitative estimate of drug-likeness (QED) is 0.455. The molecule has 0 heterocycles. The topological polar surface area (TPSA) is 21.3 Å². The summed E-state index contributed by atoms with van der Waals surface area (Å²) in [5.41, 5.74) is 3.59. The molecule has 1 unspecified atom stereocenters. The van der Waals surface area contributed by atoms with Crippen molar-refractivity contribution in [2.75, 3.05) is 0 Å². The molecule has 0 radical (unpaired) electrons. The Morgan fingerprint density at radius 1 is 0.889 bits per heavy atom. The molecule has 2 nitrogen and oxygen atoms in total. The van der Waals surface area contributed by atoms with Crippen molar-refractivity contribution < 1.29 is 4.74 Å². The molecule has 1 atom stereocenters. The van der Waals surface area contributed by atoms with Gasteiger partial charge in [0.1, 0.15) is 12.4 Å². The maximum atomic E-state index is 6.17. The molecule has 0 saturated carbocycles. The van der Waals surface area contributed by atoms with Crippen molar-refractivity contribution in [1.29, 1.82) is 0 Å². The van der Waals surface area contributed by atoms with Crippen LogP contribution in [0.4, 0.5) is 0 Å². The van der Waals surface area contributed by atoms with Gasteiger partial charge >= 0.3 is 0 Å². The number of rotatable bonds is 9. The second-order valence-corrected chi connectivity index (χ2v) is 7.06. The van der Waals surface area contributed by atoms with Gasteiger partial charge in [0.25, 0.3) is 0 Å². The van der Waals surface area contributed by atoms with E-state index in [9.17, 15) is 0 Å². The van der Waals surface area contributed by atoms with Gasteiger partial charge in [-0.2, -0.15) is 0 Å². The van der Waals surface area contributed by atoms with E-state index in [1.165, 1.54) is 11.1 Å². The minimum Gasteiger partial charge on any atom is -0.489 e. The fourth-order valence-electron chi connectivity index (χ4n) is 3.08. The molecule has 0 saturated heterocycles. The monoisotopic (exact) mass is 379 g/mol. The summed E-state index contributed by atoms with van der Waals surface area (Å²) in [6.45, 7) is 3.54. The number of hydrogen-bond acceptors (Lipinski definition) is 2. The predicted molar refractivity (Wildman–Crippen MR) is 113 cm³/mol. The molecule has 0 aliphatic heterocycles. The Kier molecular flexibility index (Phi) is 7.32. The van der Waals surface area contributed by atoms with Crippen LogP contribution in [0.1, 0.15) is 42.5 Å². The van der Waals surface area contributed by atoms with Crippen LogP contribution in [0.2, 0.25) is 5.02 Å². The highest BCUT2D eigenvalue weighted by atomic mass is 35.5. The second-order valence-electron chi connectivity index (χ2n) is 6.66. The molecule has 0 spiro atoms. The Balaban J connectivity index is 1.54.